The molecule has 0 unspecified atom stereocenters. The van der Waals surface area contributed by atoms with Gasteiger partial charge in [-0.15, -0.1) is 0 Å². The molecule has 1 fully saturated rings. The first-order valence-electron chi connectivity index (χ1n) is 16.6. The summed E-state index contributed by atoms with van der Waals surface area (Å²) in [6.07, 6.45) is -9.55. The van der Waals surface area contributed by atoms with Crippen molar-refractivity contribution >= 4 is 33.8 Å². The number of aromatic amines is 1. The second-order valence-electron chi connectivity index (χ2n) is 12.9. The summed E-state index contributed by atoms with van der Waals surface area (Å²) < 4.78 is 23.8. The predicted octanol–water partition coefficient (Wildman–Crippen LogP) is 2.36. The first-order chi connectivity index (χ1) is 25.8. The molecule has 16 heteroatoms. The van der Waals surface area contributed by atoms with E-state index < -0.39 is 55.0 Å². The Bertz CT molecular complexity index is 2390. The average Bonchev–Trinajstić information content (AvgIpc) is 3.72. The number of nitrogens with one attached hydrogen (secondary N) is 1. The molecule has 0 spiro atoms. The van der Waals surface area contributed by atoms with Crippen LogP contribution in [0.4, 0.5) is 0 Å². The van der Waals surface area contributed by atoms with Gasteiger partial charge in [0.1, 0.15) is 41.2 Å². The minimum absolute atomic E-state index is 0.0193. The van der Waals surface area contributed by atoms with Crippen molar-refractivity contribution in [1.29, 1.82) is 0 Å². The predicted molar refractivity (Wildman–Crippen MR) is 188 cm³/mol. The van der Waals surface area contributed by atoms with Gasteiger partial charge in [0.15, 0.2) is 11.5 Å². The number of carbonyl (C=O) groups is 2. The molecule has 3 aromatic heterocycles. The number of aryl methyl sites for hydroxylation is 2. The number of aromatic nitrogens is 2. The maximum atomic E-state index is 13.4. The monoisotopic (exact) mass is 742 g/mol. The van der Waals surface area contributed by atoms with Crippen LogP contribution < -0.4 is 15.0 Å². The molecule has 6 aromatic rings. The van der Waals surface area contributed by atoms with Gasteiger partial charge in [0.25, 0.3) is 0 Å². The quantitative estimate of drug-likeness (QED) is 0.0606. The van der Waals surface area contributed by atoms with E-state index >= 15 is 0 Å². The van der Waals surface area contributed by atoms with Gasteiger partial charge in [0.2, 0.25) is 24.8 Å². The van der Waals surface area contributed by atoms with Crippen LogP contribution in [0.1, 0.15) is 11.1 Å². The molecule has 3 aromatic carbocycles. The second-order valence-corrected chi connectivity index (χ2v) is 12.9. The summed E-state index contributed by atoms with van der Waals surface area (Å²) in [5.74, 6) is -3.66. The molecule has 7 atom stereocenters. The molecule has 54 heavy (non-hydrogen) atoms. The minimum Gasteiger partial charge on any atom is -0.508 e. The van der Waals surface area contributed by atoms with Crippen LogP contribution in [0.25, 0.3) is 44.3 Å². The molecule has 16 nitrogen and oxygen atoms in total. The Morgan fingerprint density at radius 3 is 2.35 bits per heavy atom. The van der Waals surface area contributed by atoms with E-state index in [1.807, 2.05) is 32.0 Å². The molecule has 0 bridgehead atoms. The zero-order chi connectivity index (χ0) is 38.4. The van der Waals surface area contributed by atoms with Crippen molar-refractivity contribution in [3.63, 3.8) is 0 Å². The van der Waals surface area contributed by atoms with E-state index in [1.54, 1.807) is 30.6 Å². The zero-order valence-corrected chi connectivity index (χ0v) is 28.5. The van der Waals surface area contributed by atoms with Crippen molar-refractivity contribution in [1.82, 2.24) is 9.71 Å². The van der Waals surface area contributed by atoms with Crippen LogP contribution in [0.15, 0.2) is 94.6 Å². The molecule has 1 saturated heterocycles. The number of esters is 1. The number of carboxylic acid groups (broad SMARTS) is 1. The van der Waals surface area contributed by atoms with Crippen molar-refractivity contribution in [2.45, 2.75) is 56.9 Å². The number of phenols is 1. The highest BCUT2D eigenvalue weighted by Crippen LogP contribution is 2.34. The molecular weight excluding hydrogens is 708 g/mol. The molecule has 7 N–H and O–H groups in total. The Hall–Kier alpha value is -6.17. The van der Waals surface area contributed by atoms with E-state index in [2.05, 4.69) is 9.72 Å². The molecule has 0 saturated carbocycles. The third-order valence-corrected chi connectivity index (χ3v) is 8.96. The number of nitrogens with zero attached hydrogens (tertiary/aromatic N) is 1. The van der Waals surface area contributed by atoms with Gasteiger partial charge < -0.3 is 59.1 Å². The number of aliphatic carboxylic acids is 1. The lowest BCUT2D eigenvalue weighted by atomic mass is 9.98. The Kier molecular flexibility index (Phi) is 9.61. The van der Waals surface area contributed by atoms with Crippen LogP contribution in [0.2, 0.25) is 0 Å². The van der Waals surface area contributed by atoms with Crippen molar-refractivity contribution in [2.75, 3.05) is 0 Å². The summed E-state index contributed by atoms with van der Waals surface area (Å²) in [5, 5.41) is 62.5. The zero-order valence-electron chi connectivity index (χ0n) is 28.5. The number of benzene rings is 3. The Labute approximate surface area is 304 Å². The molecule has 1 aliphatic heterocycles. The van der Waals surface area contributed by atoms with Gasteiger partial charge in [0, 0.05) is 23.2 Å². The lowest BCUT2D eigenvalue weighted by Gasteiger charge is -2.42. The third-order valence-electron chi connectivity index (χ3n) is 8.96. The first-order valence-corrected chi connectivity index (χ1v) is 16.6. The highest BCUT2D eigenvalue weighted by molar-refractivity contribution is 5.96. The molecule has 1 aliphatic rings. The number of carboxylic acids is 1. The van der Waals surface area contributed by atoms with Gasteiger partial charge in [0.05, 0.1) is 22.7 Å². The molecule has 280 valence electrons. The lowest BCUT2D eigenvalue weighted by Crippen LogP contribution is -2.65. The fraction of sp³-hybridized carbons (Fsp3) is 0.237. The minimum atomic E-state index is -2.66. The Morgan fingerprint density at radius 2 is 1.65 bits per heavy atom. The van der Waals surface area contributed by atoms with Crippen molar-refractivity contribution in [3.05, 3.63) is 107 Å². The number of rotatable bonds is 10. The molecule has 0 radical (unpaired) electrons. The number of aliphatic hydroxyl groups excluding tert-OH is 4. The van der Waals surface area contributed by atoms with Crippen LogP contribution in [0.3, 0.4) is 0 Å². The second kappa shape index (κ2) is 14.3. The van der Waals surface area contributed by atoms with Crippen LogP contribution in [0, 0.1) is 13.8 Å². The van der Waals surface area contributed by atoms with E-state index in [-0.39, 0.29) is 33.5 Å². The van der Waals surface area contributed by atoms with Gasteiger partial charge in [-0.2, -0.15) is 4.73 Å². The summed E-state index contributed by atoms with van der Waals surface area (Å²) in [5.41, 5.74) is 4.39. The Morgan fingerprint density at radius 1 is 0.926 bits per heavy atom. The van der Waals surface area contributed by atoms with E-state index in [1.165, 1.54) is 41.3 Å². The highest BCUT2D eigenvalue weighted by Gasteiger charge is 2.52. The number of fused-ring (bicyclic) bond motifs is 2. The third kappa shape index (κ3) is 6.87. The number of aliphatic hydroxyl groups is 4. The summed E-state index contributed by atoms with van der Waals surface area (Å²) in [6.45, 7) is 3.87. The summed E-state index contributed by atoms with van der Waals surface area (Å²) in [7, 11) is 0. The van der Waals surface area contributed by atoms with Crippen molar-refractivity contribution in [3.8, 4) is 33.9 Å². The SMILES string of the molecule is Cc1cc(C)cc(-c2c3[nH]ccc3cn2O[C@@H]2[C@@H](Oc3ccc4c(=O)c(-c5ccc(O)cc5)coc4c3)O[C@@H]([C@@H](O)OC(=O)[C@H](O)C(=O)O)[C@H](O)[C@H]2O)c1. The molecule has 4 heterocycles. The van der Waals surface area contributed by atoms with Gasteiger partial charge in [-0.3, -0.25) is 4.79 Å². The lowest BCUT2D eigenvalue weighted by molar-refractivity contribution is -0.318. The maximum Gasteiger partial charge on any atom is 0.349 e. The largest absolute Gasteiger partial charge is 0.508 e. The fourth-order valence-electron chi connectivity index (χ4n) is 6.41. The molecule has 0 aliphatic carbocycles. The first kappa shape index (κ1) is 36.2. The van der Waals surface area contributed by atoms with E-state index in [4.69, 9.17) is 23.8 Å². The Balaban J connectivity index is 1.25. The van der Waals surface area contributed by atoms with E-state index in [0.717, 1.165) is 22.1 Å². The number of hydrogen-bond acceptors (Lipinski definition) is 13. The maximum absolute atomic E-state index is 13.4. The number of hydrogen-bond donors (Lipinski definition) is 7. The van der Waals surface area contributed by atoms with Crippen LogP contribution in [-0.4, -0.2) is 95.4 Å². The van der Waals surface area contributed by atoms with E-state index in [9.17, 15) is 39.9 Å². The summed E-state index contributed by atoms with van der Waals surface area (Å²) >= 11 is 0. The van der Waals surface area contributed by atoms with Crippen LogP contribution >= 0.6 is 0 Å². The topological polar surface area (TPSA) is 243 Å². The van der Waals surface area contributed by atoms with Crippen molar-refractivity contribution < 1.29 is 63.7 Å². The van der Waals surface area contributed by atoms with Crippen LogP contribution in [-0.2, 0) is 19.1 Å². The summed E-state index contributed by atoms with van der Waals surface area (Å²) in [6, 6.07) is 17.9. The normalized spacial score (nSPS) is 21.1. The smallest absolute Gasteiger partial charge is 0.349 e. The number of ether oxygens (including phenoxy) is 3. The van der Waals surface area contributed by atoms with Crippen LogP contribution in [0.5, 0.6) is 11.5 Å². The van der Waals surface area contributed by atoms with Gasteiger partial charge in [-0.25, -0.2) is 9.59 Å². The highest BCUT2D eigenvalue weighted by atomic mass is 16.8. The van der Waals surface area contributed by atoms with E-state index in [0.29, 0.717) is 16.8 Å². The van der Waals surface area contributed by atoms with Gasteiger partial charge in [-0.1, -0.05) is 29.3 Å². The van der Waals surface area contributed by atoms with Gasteiger partial charge >= 0.3 is 11.9 Å². The molecular formula is C38H34N2O14. The standard InChI is InChI=1S/C38H34N2O14/c1-17-11-18(2)13-21(12-17)28-27-20(9-10-39-27)15-40(28)54-34-31(44)30(43)33(37(49)53-36(48)32(45)35(46)47)52-38(34)51-23-7-8-24-26(14-23)50-16-25(29(24)42)19-3-5-22(41)6-4-19/h3-16,30-34,37-39,41,43-45,49H,1-2H3,(H,46,47)/t30-,31-,32-,33-,34+,37+,38+/m1/s1. The fourth-order valence-corrected chi connectivity index (χ4v) is 6.41. The number of carbonyl (C=O) groups excluding carboxylic acids is 1. The number of aromatic hydroxyl groups is 1. The molecule has 7 rings (SSSR count). The number of H-pyrrole nitrogens is 1. The molecule has 0 amide bonds. The number of phenolic OH excluding ortho intramolecular Hbond substituents is 1. The van der Waals surface area contributed by atoms with Gasteiger partial charge in [-0.05, 0) is 61.9 Å². The van der Waals surface area contributed by atoms with Crippen molar-refractivity contribution in [2.24, 2.45) is 0 Å². The average molecular weight is 743 g/mol. The summed E-state index contributed by atoms with van der Waals surface area (Å²) in [4.78, 5) is 46.1.